The molecule has 0 unspecified atom stereocenters. The van der Waals surface area contributed by atoms with Gasteiger partial charge in [0.2, 0.25) is 0 Å². The third-order valence-electron chi connectivity index (χ3n) is 0. The molecule has 0 aromatic carbocycles. The highest BCUT2D eigenvalue weighted by molar-refractivity contribution is 14.0. The van der Waals surface area contributed by atoms with Crippen LogP contribution in [-0.4, -0.2) is 0 Å². The summed E-state index contributed by atoms with van der Waals surface area (Å²) in [5.41, 5.74) is 0. The number of hydrogen-bond acceptors (Lipinski definition) is 0. The van der Waals surface area contributed by atoms with Crippen LogP contribution in [0.2, 0.25) is 0 Å². The van der Waals surface area contributed by atoms with Gasteiger partial charge < -0.3 is 50.9 Å². The highest BCUT2D eigenvalue weighted by atomic mass is 127. The SMILES string of the molecule is [Br-].[Br-].[Br-].[I]. The second kappa shape index (κ2) is 19.1. The Balaban J connectivity index is 0. The van der Waals surface area contributed by atoms with Crippen molar-refractivity contribution in [2.75, 3.05) is 0 Å². The maximum atomic E-state index is 0. The van der Waals surface area contributed by atoms with E-state index in [0.717, 1.165) is 0 Å². The van der Waals surface area contributed by atoms with Gasteiger partial charge in [-0.25, -0.2) is 0 Å². The minimum Gasteiger partial charge on any atom is -1.00 e. The summed E-state index contributed by atoms with van der Waals surface area (Å²) in [6, 6.07) is 0. The first-order valence-electron chi connectivity index (χ1n) is 0. The lowest BCUT2D eigenvalue weighted by Gasteiger charge is -1.00. The fraction of sp³-hybridized carbons (Fsp3) is 0. The standard InChI is InChI=1S/3BrH.I/h3*1H;/p-3. The summed E-state index contributed by atoms with van der Waals surface area (Å²) in [7, 11) is 0. The highest BCUT2D eigenvalue weighted by Gasteiger charge is 0.00000301. The Kier molecular flexibility index (Phi) is 167. The Morgan fingerprint density at radius 1 is 0.500 bits per heavy atom. The maximum Gasteiger partial charge on any atom is 0 e. The van der Waals surface area contributed by atoms with E-state index in [4.69, 9.17) is 0 Å². The van der Waals surface area contributed by atoms with Crippen LogP contribution in [0.25, 0.3) is 0 Å². The molecule has 0 fully saturated rings. The zero-order valence-corrected chi connectivity index (χ0v) is 8.43. The van der Waals surface area contributed by atoms with E-state index < -0.39 is 0 Å². The van der Waals surface area contributed by atoms with Crippen molar-refractivity contribution in [1.82, 2.24) is 0 Å². The van der Waals surface area contributed by atoms with E-state index in [1.54, 1.807) is 0 Å². The first kappa shape index (κ1) is 35.0. The predicted molar refractivity (Wildman–Crippen MR) is 14.0 cm³/mol. The topological polar surface area (TPSA) is 0 Å². The van der Waals surface area contributed by atoms with Crippen LogP contribution in [0.15, 0.2) is 0 Å². The summed E-state index contributed by atoms with van der Waals surface area (Å²) in [5, 5.41) is 0. The van der Waals surface area contributed by atoms with Gasteiger partial charge in [-0.05, 0) is 0 Å². The Bertz CT molecular complexity index is 3.25. The Labute approximate surface area is 74.1 Å². The average Bonchev–Trinajstić information content (AvgIpc) is 0. The van der Waals surface area contributed by atoms with Crippen molar-refractivity contribution < 1.29 is 50.9 Å². The lowest BCUT2D eigenvalue weighted by atomic mass is 79.9. The Morgan fingerprint density at radius 2 is 0.500 bits per heavy atom. The van der Waals surface area contributed by atoms with Crippen LogP contribution in [-0.2, 0) is 0 Å². The largest absolute Gasteiger partial charge is 1.00 e. The fourth-order valence-corrected chi connectivity index (χ4v) is 0. The minimum absolute atomic E-state index is 0. The van der Waals surface area contributed by atoms with Crippen LogP contribution in [0.1, 0.15) is 0 Å². The van der Waals surface area contributed by atoms with Gasteiger partial charge in [-0.15, -0.1) is 0 Å². The highest BCUT2D eigenvalue weighted by Crippen LogP contribution is 0.886. The second-order valence-corrected chi connectivity index (χ2v) is 0. The molecule has 0 aliphatic heterocycles. The van der Waals surface area contributed by atoms with Gasteiger partial charge in [-0.2, -0.15) is 0 Å². The van der Waals surface area contributed by atoms with Gasteiger partial charge in [0.15, 0.2) is 0 Å². The normalized spacial score (nSPS) is 0. The van der Waals surface area contributed by atoms with Crippen LogP contribution in [0.5, 0.6) is 0 Å². The molecular weight excluding hydrogens is 367 g/mol. The molecule has 0 saturated carbocycles. The van der Waals surface area contributed by atoms with E-state index >= 15 is 0 Å². The van der Waals surface area contributed by atoms with Gasteiger partial charge in [-0.3, -0.25) is 0 Å². The molecule has 0 N–H and O–H groups in total. The first-order chi connectivity index (χ1) is 0. The molecule has 0 rings (SSSR count). The monoisotopic (exact) mass is 364 g/mol. The quantitative estimate of drug-likeness (QED) is 0.374. The lowest BCUT2D eigenvalue weighted by Crippen LogP contribution is -3.00. The van der Waals surface area contributed by atoms with Gasteiger partial charge in [0.25, 0.3) is 0 Å². The van der Waals surface area contributed by atoms with Crippen LogP contribution < -0.4 is 50.9 Å². The number of hydrogen-bond donors (Lipinski definition) is 0. The molecular formula is Br3I-3. The molecule has 0 aromatic heterocycles. The summed E-state index contributed by atoms with van der Waals surface area (Å²) in [6.07, 6.45) is 0. The molecule has 0 aliphatic carbocycles. The third-order valence-corrected chi connectivity index (χ3v) is 0. The summed E-state index contributed by atoms with van der Waals surface area (Å²) in [5.74, 6) is 0. The van der Waals surface area contributed by atoms with Gasteiger partial charge in [0.05, 0.1) is 0 Å². The number of halogens is 4. The molecule has 4 heavy (non-hydrogen) atoms. The van der Waals surface area contributed by atoms with Gasteiger partial charge in [0.1, 0.15) is 0 Å². The van der Waals surface area contributed by atoms with Gasteiger partial charge in [-0.1, -0.05) is 0 Å². The molecule has 0 heterocycles. The van der Waals surface area contributed by atoms with Crippen LogP contribution in [0.3, 0.4) is 0 Å². The van der Waals surface area contributed by atoms with E-state index in [1.165, 1.54) is 0 Å². The van der Waals surface area contributed by atoms with E-state index in [1.807, 2.05) is 0 Å². The summed E-state index contributed by atoms with van der Waals surface area (Å²) in [4.78, 5) is 0. The summed E-state index contributed by atoms with van der Waals surface area (Å²) < 4.78 is 0. The number of rotatable bonds is 0. The van der Waals surface area contributed by atoms with Crippen LogP contribution in [0.4, 0.5) is 0 Å². The molecule has 0 amide bonds. The van der Waals surface area contributed by atoms with Crippen molar-refractivity contribution >= 4 is 24.0 Å². The van der Waals surface area contributed by atoms with Crippen molar-refractivity contribution in [3.8, 4) is 0 Å². The molecule has 0 aromatic rings. The zero-order valence-electron chi connectivity index (χ0n) is 1.51. The molecule has 1 radical (unpaired) electrons. The van der Waals surface area contributed by atoms with E-state index in [0.29, 0.717) is 0 Å². The van der Waals surface area contributed by atoms with Crippen molar-refractivity contribution in [3.63, 3.8) is 0 Å². The van der Waals surface area contributed by atoms with E-state index in [9.17, 15) is 0 Å². The first-order valence-corrected chi connectivity index (χ1v) is 0. The summed E-state index contributed by atoms with van der Waals surface area (Å²) >= 11 is 0. The molecule has 0 nitrogen and oxygen atoms in total. The van der Waals surface area contributed by atoms with Crippen molar-refractivity contribution in [3.05, 3.63) is 0 Å². The average molecular weight is 367 g/mol. The Hall–Kier alpha value is 2.17. The van der Waals surface area contributed by atoms with E-state index in [2.05, 4.69) is 0 Å². The van der Waals surface area contributed by atoms with Crippen LogP contribution >= 0.6 is 24.0 Å². The predicted octanol–water partition coefficient (Wildman–Crippen LogP) is -8.10. The summed E-state index contributed by atoms with van der Waals surface area (Å²) in [6.45, 7) is 0. The van der Waals surface area contributed by atoms with E-state index in [-0.39, 0.29) is 74.9 Å². The van der Waals surface area contributed by atoms with Crippen molar-refractivity contribution in [1.29, 1.82) is 0 Å². The van der Waals surface area contributed by atoms with Gasteiger partial charge in [0, 0.05) is 24.0 Å². The third kappa shape index (κ3) is 8.90. The van der Waals surface area contributed by atoms with Crippen molar-refractivity contribution in [2.24, 2.45) is 0 Å². The molecule has 0 saturated heterocycles. The molecule has 0 bridgehead atoms. The Morgan fingerprint density at radius 3 is 0.500 bits per heavy atom. The lowest BCUT2D eigenvalue weighted by molar-refractivity contribution is -0.00100. The van der Waals surface area contributed by atoms with Crippen LogP contribution in [0, 0.1) is 0 Å². The molecule has 0 atom stereocenters. The molecule has 31 valence electrons. The second-order valence-electron chi connectivity index (χ2n) is 0. The van der Waals surface area contributed by atoms with Crippen molar-refractivity contribution in [2.45, 2.75) is 0 Å². The van der Waals surface area contributed by atoms with Gasteiger partial charge >= 0.3 is 0 Å². The zero-order chi connectivity index (χ0) is 0. The maximum absolute atomic E-state index is 0. The molecule has 0 spiro atoms. The smallest absolute Gasteiger partial charge is 0 e. The molecule has 4 heteroatoms. The molecule has 0 aliphatic rings. The fourth-order valence-electron chi connectivity index (χ4n) is 0. The minimum atomic E-state index is 0.